The van der Waals surface area contributed by atoms with E-state index in [4.69, 9.17) is 0 Å². The second-order valence-corrected chi connectivity index (χ2v) is 5.49. The Hall–Kier alpha value is -2.63. The second kappa shape index (κ2) is 7.09. The van der Waals surface area contributed by atoms with E-state index in [1.165, 1.54) is 0 Å². The molecular weight excluding hydrogens is 294 g/mol. The van der Waals surface area contributed by atoms with E-state index in [1.807, 2.05) is 36.7 Å². The Bertz CT molecular complexity index is 659. The van der Waals surface area contributed by atoms with E-state index in [0.29, 0.717) is 18.4 Å². The van der Waals surface area contributed by atoms with Crippen molar-refractivity contribution in [3.8, 4) is 5.69 Å². The van der Waals surface area contributed by atoms with Crippen molar-refractivity contribution in [1.82, 2.24) is 14.9 Å². The Morgan fingerprint density at radius 3 is 2.35 bits per heavy atom. The van der Waals surface area contributed by atoms with E-state index in [9.17, 15) is 14.7 Å². The lowest BCUT2D eigenvalue weighted by atomic mass is 9.82. The van der Waals surface area contributed by atoms with Crippen LogP contribution in [0.4, 0.5) is 0 Å². The van der Waals surface area contributed by atoms with E-state index < -0.39 is 11.4 Å². The van der Waals surface area contributed by atoms with E-state index in [2.05, 4.69) is 10.3 Å². The highest BCUT2D eigenvalue weighted by atomic mass is 16.4. The van der Waals surface area contributed by atoms with E-state index in [-0.39, 0.29) is 12.5 Å². The Morgan fingerprint density at radius 2 is 1.87 bits per heavy atom. The number of hydrogen-bond donors (Lipinski definition) is 2. The lowest BCUT2D eigenvalue weighted by Crippen LogP contribution is -2.42. The lowest BCUT2D eigenvalue weighted by molar-refractivity contribution is -0.149. The normalized spacial score (nSPS) is 11.2. The first kappa shape index (κ1) is 16.7. The molecule has 0 aliphatic rings. The molecule has 23 heavy (non-hydrogen) atoms. The fourth-order valence-corrected chi connectivity index (χ4v) is 2.43. The minimum atomic E-state index is -0.910. The van der Waals surface area contributed by atoms with Gasteiger partial charge in [-0.25, -0.2) is 4.98 Å². The maximum Gasteiger partial charge on any atom is 0.311 e. The summed E-state index contributed by atoms with van der Waals surface area (Å²) in [5, 5.41) is 12.1. The number of nitrogens with one attached hydrogen (secondary N) is 1. The van der Waals surface area contributed by atoms with Crippen LogP contribution in [-0.2, 0) is 4.79 Å². The van der Waals surface area contributed by atoms with E-state index in [0.717, 1.165) is 5.69 Å². The van der Waals surface area contributed by atoms with Gasteiger partial charge in [0.05, 0.1) is 11.7 Å². The molecule has 0 atom stereocenters. The number of hydrogen-bond acceptors (Lipinski definition) is 3. The van der Waals surface area contributed by atoms with Crippen LogP contribution in [0, 0.1) is 5.41 Å². The van der Waals surface area contributed by atoms with Crippen molar-refractivity contribution >= 4 is 11.9 Å². The second-order valence-electron chi connectivity index (χ2n) is 5.49. The van der Waals surface area contributed by atoms with Crippen LogP contribution in [0.3, 0.4) is 0 Å². The Morgan fingerprint density at radius 1 is 1.22 bits per heavy atom. The predicted octanol–water partition coefficient (Wildman–Crippen LogP) is 2.49. The quantitative estimate of drug-likeness (QED) is 0.822. The first-order chi connectivity index (χ1) is 11.0. The molecule has 6 nitrogen and oxygen atoms in total. The van der Waals surface area contributed by atoms with Crippen molar-refractivity contribution in [3.63, 3.8) is 0 Å². The van der Waals surface area contributed by atoms with Gasteiger partial charge in [0, 0.05) is 30.2 Å². The van der Waals surface area contributed by atoms with Gasteiger partial charge in [-0.1, -0.05) is 13.8 Å². The number of aliphatic carboxylic acids is 1. The number of imidazole rings is 1. The SMILES string of the molecule is CCC(CC)(CNC(=O)c1ccc(-n2ccnc2)cc1)C(=O)O. The summed E-state index contributed by atoms with van der Waals surface area (Å²) in [5.74, 6) is -1.15. The zero-order valence-corrected chi connectivity index (χ0v) is 13.3. The van der Waals surface area contributed by atoms with Gasteiger partial charge in [0.25, 0.3) is 5.91 Å². The smallest absolute Gasteiger partial charge is 0.311 e. The maximum absolute atomic E-state index is 12.2. The summed E-state index contributed by atoms with van der Waals surface area (Å²) >= 11 is 0. The van der Waals surface area contributed by atoms with Crippen LogP contribution in [0.15, 0.2) is 43.0 Å². The summed E-state index contributed by atoms with van der Waals surface area (Å²) in [5.41, 5.74) is 0.494. The first-order valence-corrected chi connectivity index (χ1v) is 7.62. The summed E-state index contributed by atoms with van der Waals surface area (Å²) in [6.07, 6.45) is 6.12. The van der Waals surface area contributed by atoms with Crippen LogP contribution in [-0.4, -0.2) is 33.1 Å². The molecule has 2 rings (SSSR count). The summed E-state index contributed by atoms with van der Waals surface area (Å²) in [4.78, 5) is 27.6. The van der Waals surface area contributed by atoms with Gasteiger partial charge in [-0.2, -0.15) is 0 Å². The number of amides is 1. The van der Waals surface area contributed by atoms with Crippen LogP contribution < -0.4 is 5.32 Å². The molecular formula is C17H21N3O3. The molecule has 2 aromatic rings. The number of rotatable bonds is 7. The monoisotopic (exact) mass is 315 g/mol. The molecule has 6 heteroatoms. The van der Waals surface area contributed by atoms with Gasteiger partial charge in [-0.3, -0.25) is 9.59 Å². The van der Waals surface area contributed by atoms with Gasteiger partial charge < -0.3 is 15.0 Å². The highest BCUT2D eigenvalue weighted by Crippen LogP contribution is 2.25. The van der Waals surface area contributed by atoms with Gasteiger partial charge in [0.2, 0.25) is 0 Å². The Kier molecular flexibility index (Phi) is 5.16. The number of carbonyl (C=O) groups excluding carboxylic acids is 1. The first-order valence-electron chi connectivity index (χ1n) is 7.62. The van der Waals surface area contributed by atoms with E-state index in [1.54, 1.807) is 24.7 Å². The average molecular weight is 315 g/mol. The van der Waals surface area contributed by atoms with Crippen molar-refractivity contribution in [2.75, 3.05) is 6.54 Å². The minimum absolute atomic E-state index is 0.122. The largest absolute Gasteiger partial charge is 0.481 e. The Balaban J connectivity index is 2.05. The van der Waals surface area contributed by atoms with Crippen LogP contribution in [0.5, 0.6) is 0 Å². The van der Waals surface area contributed by atoms with Crippen LogP contribution in [0.25, 0.3) is 5.69 Å². The maximum atomic E-state index is 12.2. The average Bonchev–Trinajstić information content (AvgIpc) is 3.10. The van der Waals surface area contributed by atoms with Gasteiger partial charge in [0.15, 0.2) is 0 Å². The predicted molar refractivity (Wildman–Crippen MR) is 86.5 cm³/mol. The van der Waals surface area contributed by atoms with Gasteiger partial charge in [-0.15, -0.1) is 0 Å². The molecule has 2 N–H and O–H groups in total. The van der Waals surface area contributed by atoms with E-state index >= 15 is 0 Å². The van der Waals surface area contributed by atoms with Gasteiger partial charge in [-0.05, 0) is 37.1 Å². The van der Waals surface area contributed by atoms with Gasteiger partial charge >= 0.3 is 5.97 Å². The molecule has 0 radical (unpaired) electrons. The fraction of sp³-hybridized carbons (Fsp3) is 0.353. The molecule has 1 aromatic heterocycles. The molecule has 0 saturated carbocycles. The third-order valence-electron chi connectivity index (χ3n) is 4.33. The summed E-state index contributed by atoms with van der Waals surface area (Å²) in [6, 6.07) is 7.07. The topological polar surface area (TPSA) is 84.2 Å². The zero-order valence-electron chi connectivity index (χ0n) is 13.3. The van der Waals surface area contributed by atoms with Crippen molar-refractivity contribution < 1.29 is 14.7 Å². The number of aromatic nitrogens is 2. The highest BCUT2D eigenvalue weighted by molar-refractivity contribution is 5.94. The van der Waals surface area contributed by atoms with Crippen molar-refractivity contribution in [2.24, 2.45) is 5.41 Å². The zero-order chi connectivity index (χ0) is 16.9. The van der Waals surface area contributed by atoms with Gasteiger partial charge in [0.1, 0.15) is 0 Å². The third-order valence-corrected chi connectivity index (χ3v) is 4.33. The van der Waals surface area contributed by atoms with Crippen LogP contribution in [0.1, 0.15) is 37.0 Å². The molecule has 0 bridgehead atoms. The molecule has 0 aliphatic heterocycles. The molecule has 0 spiro atoms. The number of carboxylic acid groups (broad SMARTS) is 1. The van der Waals surface area contributed by atoms with Crippen LogP contribution in [0.2, 0.25) is 0 Å². The van der Waals surface area contributed by atoms with Crippen molar-refractivity contribution in [1.29, 1.82) is 0 Å². The van der Waals surface area contributed by atoms with Crippen molar-refractivity contribution in [3.05, 3.63) is 48.5 Å². The summed E-state index contributed by atoms with van der Waals surface area (Å²) in [6.45, 7) is 3.77. The van der Waals surface area contributed by atoms with Crippen molar-refractivity contribution in [2.45, 2.75) is 26.7 Å². The molecule has 1 aromatic carbocycles. The third kappa shape index (κ3) is 3.59. The minimum Gasteiger partial charge on any atom is -0.481 e. The number of nitrogens with zero attached hydrogens (tertiary/aromatic N) is 2. The summed E-state index contributed by atoms with van der Waals surface area (Å²) in [7, 11) is 0. The lowest BCUT2D eigenvalue weighted by Gasteiger charge is -2.26. The number of carboxylic acids is 1. The van der Waals surface area contributed by atoms with Crippen LogP contribution >= 0.6 is 0 Å². The number of benzene rings is 1. The molecule has 1 heterocycles. The number of carbonyl (C=O) groups is 2. The molecule has 122 valence electrons. The molecule has 0 aliphatic carbocycles. The highest BCUT2D eigenvalue weighted by Gasteiger charge is 2.35. The molecule has 0 saturated heterocycles. The molecule has 1 amide bonds. The molecule has 0 fully saturated rings. The summed E-state index contributed by atoms with van der Waals surface area (Å²) < 4.78 is 1.84. The molecule has 0 unspecified atom stereocenters. The standard InChI is InChI=1S/C17H21N3O3/c1-3-17(4-2,16(22)23)11-19-15(21)13-5-7-14(8-6-13)20-10-9-18-12-20/h5-10,12H,3-4,11H2,1-2H3,(H,19,21)(H,22,23). The fourth-order valence-electron chi connectivity index (χ4n) is 2.43. The Labute approximate surface area is 135 Å².